The van der Waals surface area contributed by atoms with Crippen LogP contribution in [-0.4, -0.2) is 24.2 Å². The van der Waals surface area contributed by atoms with Crippen molar-refractivity contribution in [1.82, 2.24) is 4.90 Å². The Morgan fingerprint density at radius 3 is 2.40 bits per heavy atom. The Balaban J connectivity index is 2.24. The molecule has 0 N–H and O–H groups in total. The summed E-state index contributed by atoms with van der Waals surface area (Å²) in [5, 5.41) is 0. The van der Waals surface area contributed by atoms with Crippen molar-refractivity contribution >= 4 is 0 Å². The normalized spacial score (nSPS) is 24.6. The molecular weight excluding hydrogens is 126 g/mol. The third kappa shape index (κ3) is 1.96. The van der Waals surface area contributed by atoms with Gasteiger partial charge >= 0.3 is 0 Å². The molecule has 0 amide bonds. The molecule has 1 saturated heterocycles. The van der Waals surface area contributed by atoms with Gasteiger partial charge in [-0.2, -0.15) is 0 Å². The average molecular weight is 142 g/mol. The molecule has 1 rings (SSSR count). The van der Waals surface area contributed by atoms with E-state index in [4.69, 9.17) is 4.74 Å². The fourth-order valence-electron chi connectivity index (χ4n) is 1.39. The molecule has 1 aliphatic heterocycles. The molecule has 0 bridgehead atoms. The van der Waals surface area contributed by atoms with E-state index >= 15 is 0 Å². The lowest BCUT2D eigenvalue weighted by molar-refractivity contribution is -0.00888. The molecule has 0 spiro atoms. The summed E-state index contributed by atoms with van der Waals surface area (Å²) in [6.45, 7) is 4.41. The molecule has 1 aliphatic rings. The highest BCUT2D eigenvalue weighted by Gasteiger charge is 2.14. The number of piperidine rings is 1. The lowest BCUT2D eigenvalue weighted by atomic mass is 10.1. The molecule has 1 unspecified atom stereocenters. The lowest BCUT2D eigenvalue weighted by Gasteiger charge is -2.30. The van der Waals surface area contributed by atoms with Gasteiger partial charge in [0, 0.05) is 13.1 Å². The highest BCUT2D eigenvalue weighted by atomic mass is 16.5. The van der Waals surface area contributed by atoms with Gasteiger partial charge in [-0.15, -0.1) is 0 Å². The van der Waals surface area contributed by atoms with E-state index in [9.17, 15) is 0 Å². The predicted octanol–water partition coefficient (Wildman–Crippen LogP) is 1.63. The molecule has 1 radical (unpaired) electrons. The fraction of sp³-hybridized carbons (Fsp3) is 0.875. The van der Waals surface area contributed by atoms with Crippen LogP contribution in [0.15, 0.2) is 0 Å². The second kappa shape index (κ2) is 3.94. The predicted molar refractivity (Wildman–Crippen MR) is 41.3 cm³/mol. The highest BCUT2D eigenvalue weighted by molar-refractivity contribution is 4.65. The molecule has 2 heteroatoms. The van der Waals surface area contributed by atoms with Crippen LogP contribution >= 0.6 is 0 Å². The molecule has 1 fully saturated rings. The maximum atomic E-state index is 4.97. The van der Waals surface area contributed by atoms with Crippen LogP contribution in [-0.2, 0) is 4.74 Å². The van der Waals surface area contributed by atoms with E-state index in [-0.39, 0.29) is 6.23 Å². The van der Waals surface area contributed by atoms with Crippen molar-refractivity contribution in [3.05, 3.63) is 7.11 Å². The van der Waals surface area contributed by atoms with E-state index in [0.717, 1.165) is 0 Å². The van der Waals surface area contributed by atoms with Gasteiger partial charge in [0.1, 0.15) is 6.23 Å². The van der Waals surface area contributed by atoms with Crippen molar-refractivity contribution in [3.8, 4) is 0 Å². The smallest absolute Gasteiger partial charge is 0.107 e. The third-order valence-corrected chi connectivity index (χ3v) is 2.15. The van der Waals surface area contributed by atoms with Crippen LogP contribution in [0.2, 0.25) is 0 Å². The number of rotatable bonds is 2. The number of hydrogen-bond donors (Lipinski definition) is 0. The molecular formula is C8H16NO. The molecule has 2 nitrogen and oxygen atoms in total. The van der Waals surface area contributed by atoms with E-state index in [2.05, 4.69) is 18.9 Å². The summed E-state index contributed by atoms with van der Waals surface area (Å²) in [4.78, 5) is 2.33. The van der Waals surface area contributed by atoms with E-state index in [1.807, 2.05) is 0 Å². The summed E-state index contributed by atoms with van der Waals surface area (Å²) >= 11 is 0. The molecule has 10 heavy (non-hydrogen) atoms. The third-order valence-electron chi connectivity index (χ3n) is 2.15. The second-order valence-corrected chi connectivity index (χ2v) is 2.86. The zero-order valence-corrected chi connectivity index (χ0v) is 6.68. The van der Waals surface area contributed by atoms with Crippen molar-refractivity contribution in [2.45, 2.75) is 32.4 Å². The van der Waals surface area contributed by atoms with Crippen molar-refractivity contribution in [2.24, 2.45) is 0 Å². The number of ether oxygens (including phenoxy) is 1. The first-order valence-electron chi connectivity index (χ1n) is 3.99. The van der Waals surface area contributed by atoms with Gasteiger partial charge in [-0.05, 0) is 19.8 Å². The molecule has 0 saturated carbocycles. The first-order chi connectivity index (χ1) is 4.84. The van der Waals surface area contributed by atoms with E-state index in [1.54, 1.807) is 0 Å². The minimum absolute atomic E-state index is 0.209. The number of likely N-dealkylation sites (tertiary alicyclic amines) is 1. The Labute approximate surface area is 63.2 Å². The molecule has 0 aromatic carbocycles. The largest absolute Gasteiger partial charge is 0.361 e. The van der Waals surface area contributed by atoms with Crippen LogP contribution in [0.3, 0.4) is 0 Å². The Hall–Kier alpha value is -0.0800. The zero-order valence-electron chi connectivity index (χ0n) is 6.68. The summed E-state index contributed by atoms with van der Waals surface area (Å²) in [6, 6.07) is 0. The molecule has 0 aromatic rings. The fourth-order valence-corrected chi connectivity index (χ4v) is 1.39. The Kier molecular flexibility index (Phi) is 3.16. The summed E-state index contributed by atoms with van der Waals surface area (Å²) in [5.74, 6) is 0. The van der Waals surface area contributed by atoms with Gasteiger partial charge in [-0.3, -0.25) is 4.90 Å². The van der Waals surface area contributed by atoms with Crippen LogP contribution in [0.5, 0.6) is 0 Å². The first kappa shape index (κ1) is 8.02. The lowest BCUT2D eigenvalue weighted by Crippen LogP contribution is -2.37. The van der Waals surface area contributed by atoms with Gasteiger partial charge < -0.3 is 4.74 Å². The summed E-state index contributed by atoms with van der Waals surface area (Å²) < 4.78 is 4.97. The van der Waals surface area contributed by atoms with Crippen molar-refractivity contribution in [3.63, 3.8) is 0 Å². The monoisotopic (exact) mass is 142 g/mol. The Bertz CT molecular complexity index is 89.3. The summed E-state index contributed by atoms with van der Waals surface area (Å²) in [7, 11) is 3.42. The van der Waals surface area contributed by atoms with Crippen LogP contribution in [0, 0.1) is 7.11 Å². The first-order valence-corrected chi connectivity index (χ1v) is 3.99. The number of nitrogens with zero attached hydrogens (tertiary/aromatic N) is 1. The Morgan fingerprint density at radius 2 is 1.90 bits per heavy atom. The Morgan fingerprint density at radius 1 is 1.30 bits per heavy atom. The van der Waals surface area contributed by atoms with Crippen LogP contribution < -0.4 is 0 Å². The SMILES string of the molecule is [CH2]OC(C)N1CCCCC1. The van der Waals surface area contributed by atoms with Gasteiger partial charge in [0.05, 0.1) is 7.11 Å². The molecule has 59 valence electrons. The van der Waals surface area contributed by atoms with Crippen LogP contribution in [0.25, 0.3) is 0 Å². The van der Waals surface area contributed by atoms with Crippen LogP contribution in [0.4, 0.5) is 0 Å². The van der Waals surface area contributed by atoms with Crippen molar-refractivity contribution in [1.29, 1.82) is 0 Å². The molecule has 0 aliphatic carbocycles. The van der Waals surface area contributed by atoms with Crippen LogP contribution in [0.1, 0.15) is 26.2 Å². The van der Waals surface area contributed by atoms with Gasteiger partial charge in [-0.1, -0.05) is 6.42 Å². The summed E-state index contributed by atoms with van der Waals surface area (Å²) in [5.41, 5.74) is 0. The minimum Gasteiger partial charge on any atom is -0.361 e. The average Bonchev–Trinajstić information content (AvgIpc) is 2.05. The maximum absolute atomic E-state index is 4.97. The molecule has 0 aromatic heterocycles. The summed E-state index contributed by atoms with van der Waals surface area (Å²) in [6.07, 6.45) is 4.21. The van der Waals surface area contributed by atoms with Gasteiger partial charge in [0.2, 0.25) is 0 Å². The topological polar surface area (TPSA) is 12.5 Å². The quantitative estimate of drug-likeness (QED) is 0.581. The maximum Gasteiger partial charge on any atom is 0.107 e. The molecule has 1 heterocycles. The minimum atomic E-state index is 0.209. The number of hydrogen-bond acceptors (Lipinski definition) is 2. The second-order valence-electron chi connectivity index (χ2n) is 2.86. The molecule has 1 atom stereocenters. The van der Waals surface area contributed by atoms with Gasteiger partial charge in [0.25, 0.3) is 0 Å². The zero-order chi connectivity index (χ0) is 7.40. The van der Waals surface area contributed by atoms with Crippen molar-refractivity contribution in [2.75, 3.05) is 13.1 Å². The van der Waals surface area contributed by atoms with E-state index in [1.165, 1.54) is 32.4 Å². The van der Waals surface area contributed by atoms with Gasteiger partial charge in [-0.25, -0.2) is 0 Å². The van der Waals surface area contributed by atoms with E-state index < -0.39 is 0 Å². The van der Waals surface area contributed by atoms with E-state index in [0.29, 0.717) is 0 Å². The van der Waals surface area contributed by atoms with Crippen molar-refractivity contribution < 1.29 is 4.74 Å². The van der Waals surface area contributed by atoms with Gasteiger partial charge in [0.15, 0.2) is 0 Å². The standard InChI is InChI=1S/C8H16NO/c1-8(10-2)9-6-4-3-5-7-9/h8H,2-7H2,1H3. The highest BCUT2D eigenvalue weighted by Crippen LogP contribution is 2.11.